The van der Waals surface area contributed by atoms with E-state index in [1.165, 1.54) is 4.90 Å². The first kappa shape index (κ1) is 47.6. The molecule has 1 aliphatic carbocycles. The highest BCUT2D eigenvalue weighted by molar-refractivity contribution is 5.95. The first-order chi connectivity index (χ1) is 33.9. The van der Waals surface area contributed by atoms with E-state index < -0.39 is 60.1 Å². The molecule has 4 aromatic carbocycles. The van der Waals surface area contributed by atoms with Gasteiger partial charge in [0.1, 0.15) is 6.33 Å². The molecule has 0 spiro atoms. The van der Waals surface area contributed by atoms with Gasteiger partial charge in [-0.3, -0.25) is 23.7 Å². The predicted octanol–water partition coefficient (Wildman–Crippen LogP) is 4.94. The molecular weight excluding hydrogens is 889 g/mol. The smallest absolute Gasteiger partial charge is 0.256 e. The van der Waals surface area contributed by atoms with Crippen LogP contribution in [0.25, 0.3) is 28.1 Å². The van der Waals surface area contributed by atoms with E-state index in [-0.39, 0.29) is 24.2 Å². The molecule has 6 aromatic rings. The number of hydrogen-bond donors (Lipinski definition) is 6. The molecule has 2 fully saturated rings. The minimum Gasteiger partial charge on any atom is -0.380 e. The fourth-order valence-corrected chi connectivity index (χ4v) is 9.84. The van der Waals surface area contributed by atoms with Gasteiger partial charge in [0.15, 0.2) is 24.4 Å². The summed E-state index contributed by atoms with van der Waals surface area (Å²) in [4.78, 5) is 61.8. The van der Waals surface area contributed by atoms with Crippen molar-refractivity contribution < 1.29 is 39.6 Å². The Hall–Kier alpha value is -7.50. The third kappa shape index (κ3) is 9.84. The molecule has 0 saturated carbocycles. The van der Waals surface area contributed by atoms with Crippen LogP contribution in [0.3, 0.4) is 0 Å². The third-order valence-corrected chi connectivity index (χ3v) is 13.8. The molecule has 2 saturated heterocycles. The second-order valence-electron chi connectivity index (χ2n) is 18.2. The number of aromatic nitrogens is 4. The molecule has 4 heterocycles. The van der Waals surface area contributed by atoms with Gasteiger partial charge in [-0.1, -0.05) is 85.5 Å². The van der Waals surface area contributed by atoms with Crippen molar-refractivity contribution in [2.75, 3.05) is 13.1 Å². The number of aliphatic hydroxyl groups is 4. The number of nitrogens with one attached hydrogen (secondary N) is 2. The van der Waals surface area contributed by atoms with Crippen molar-refractivity contribution in [3.8, 4) is 11.4 Å². The normalized spacial score (nSPS) is 20.1. The van der Waals surface area contributed by atoms with Crippen LogP contribution in [-0.2, 0) is 19.2 Å². The Kier molecular flexibility index (Phi) is 14.0. The average molecular weight is 945 g/mol. The Morgan fingerprint density at radius 2 is 1.44 bits per heavy atom. The van der Waals surface area contributed by atoms with Crippen LogP contribution < -0.4 is 10.6 Å². The van der Waals surface area contributed by atoms with E-state index in [1.807, 2.05) is 95.6 Å². The molecule has 4 amide bonds. The summed E-state index contributed by atoms with van der Waals surface area (Å²) in [5, 5.41) is 53.8. The minimum absolute atomic E-state index is 0.155. The summed E-state index contributed by atoms with van der Waals surface area (Å²) >= 11 is 0. The van der Waals surface area contributed by atoms with Crippen LogP contribution in [0.2, 0.25) is 0 Å². The van der Waals surface area contributed by atoms with E-state index in [1.54, 1.807) is 65.6 Å². The maximum Gasteiger partial charge on any atom is 0.256 e. The third-order valence-electron chi connectivity index (χ3n) is 13.8. The summed E-state index contributed by atoms with van der Waals surface area (Å²) in [5.41, 5.74) is 7.75. The Balaban J connectivity index is 0.816. The van der Waals surface area contributed by atoms with Crippen LogP contribution in [-0.4, -0.2) is 117 Å². The fraction of sp³-hybridized carbons (Fsp3) is 0.296. The molecule has 0 bridgehead atoms. The number of rotatable bonds is 15. The SMILES string of the molecule is C=C(NC(=O)[C@H](O)[C@@H](O)C(=O)N1CCC[C@@H]1c1ccc(C2C[C@H](C3=CC=CCC3)N(C(=O)[C@H](O)[C@@H](O)C(=O)N[C@H](C)c3ccc(-n4cnc5ccccc54)cc3)C2)cc1)c1ccc(-n2cccn2)cc1. The molecule has 8 atom stereocenters. The maximum absolute atomic E-state index is 14.1. The lowest BCUT2D eigenvalue weighted by molar-refractivity contribution is -0.153. The molecular formula is C54H56N8O8. The number of aliphatic hydroxyl groups excluding tert-OH is 4. The minimum atomic E-state index is -2.05. The monoisotopic (exact) mass is 944 g/mol. The molecule has 6 N–H and O–H groups in total. The van der Waals surface area contributed by atoms with Gasteiger partial charge in [0.05, 0.1) is 34.8 Å². The van der Waals surface area contributed by atoms with Gasteiger partial charge in [0.2, 0.25) is 0 Å². The van der Waals surface area contributed by atoms with Gasteiger partial charge >= 0.3 is 0 Å². The highest BCUT2D eigenvalue weighted by Gasteiger charge is 2.43. The Morgan fingerprint density at radius 1 is 0.757 bits per heavy atom. The zero-order chi connectivity index (χ0) is 49.1. The van der Waals surface area contributed by atoms with Crippen LogP contribution in [0, 0.1) is 0 Å². The lowest BCUT2D eigenvalue weighted by atomic mass is 9.90. The number of carbonyl (C=O) groups is 4. The Labute approximate surface area is 404 Å². The number of para-hydroxylation sites is 2. The number of hydrogen-bond acceptors (Lipinski definition) is 10. The van der Waals surface area contributed by atoms with Crippen molar-refractivity contribution in [3.63, 3.8) is 0 Å². The van der Waals surface area contributed by atoms with Crippen LogP contribution in [0.1, 0.15) is 79.3 Å². The number of allylic oxidation sites excluding steroid dienone is 3. The molecule has 2 aliphatic heterocycles. The Bertz CT molecular complexity index is 2930. The topological polar surface area (TPSA) is 215 Å². The number of nitrogens with zero attached hydrogens (tertiary/aromatic N) is 6. The number of fused-ring (bicyclic) bond motifs is 1. The quantitative estimate of drug-likeness (QED) is 0.0816. The zero-order valence-electron chi connectivity index (χ0n) is 38.7. The van der Waals surface area contributed by atoms with Gasteiger partial charge < -0.3 is 40.9 Å². The summed E-state index contributed by atoms with van der Waals surface area (Å²) in [6.45, 7) is 6.21. The number of likely N-dealkylation sites (tertiary alicyclic amines) is 2. The first-order valence-corrected chi connectivity index (χ1v) is 23.6. The lowest BCUT2D eigenvalue weighted by Gasteiger charge is -2.30. The predicted molar refractivity (Wildman–Crippen MR) is 262 cm³/mol. The van der Waals surface area contributed by atoms with Crippen molar-refractivity contribution in [3.05, 3.63) is 174 Å². The van der Waals surface area contributed by atoms with Gasteiger partial charge in [-0.15, -0.1) is 0 Å². The highest BCUT2D eigenvalue weighted by atomic mass is 16.4. The fourth-order valence-electron chi connectivity index (χ4n) is 9.84. The number of carbonyl (C=O) groups excluding carboxylic acids is 4. The largest absolute Gasteiger partial charge is 0.380 e. The Morgan fingerprint density at radius 3 is 2.14 bits per heavy atom. The summed E-state index contributed by atoms with van der Waals surface area (Å²) in [5.74, 6) is -3.52. The van der Waals surface area contributed by atoms with E-state index in [0.29, 0.717) is 37.8 Å². The van der Waals surface area contributed by atoms with Crippen LogP contribution >= 0.6 is 0 Å². The highest BCUT2D eigenvalue weighted by Crippen LogP contribution is 2.39. The van der Waals surface area contributed by atoms with Crippen LogP contribution in [0.15, 0.2) is 152 Å². The van der Waals surface area contributed by atoms with Gasteiger partial charge in [-0.2, -0.15) is 5.10 Å². The summed E-state index contributed by atoms with van der Waals surface area (Å²) < 4.78 is 3.64. The standard InChI is InChI=1S/C54H56N8O8/c1-33(35-19-23-41(24-20-35)61-32-55-43-12-6-7-13-45(43)61)57-52(68)48(64)50(66)54(70)60-31-40(30-46(60)38-10-4-3-5-11-38)37-15-17-39(18-16-37)44-14-8-28-59(44)53(69)49(65)47(63)51(67)58-34(2)36-21-25-42(26-22-36)62-29-9-27-56-62/h3-4,6-7,9-10,12-13,15-27,29,32-33,40,44,46-50,63-66H,2,5,8,11,14,28,30-31H2,1H3,(H,57,68)(H,58,67)/t33-,40?,44-,46-,47-,48-,49-,50-/m1/s1. The van der Waals surface area contributed by atoms with Crippen molar-refractivity contribution in [1.82, 2.24) is 39.8 Å². The first-order valence-electron chi connectivity index (χ1n) is 23.6. The van der Waals surface area contributed by atoms with Crippen molar-refractivity contribution in [2.24, 2.45) is 0 Å². The van der Waals surface area contributed by atoms with Gasteiger partial charge in [0, 0.05) is 42.8 Å². The molecule has 360 valence electrons. The molecule has 9 rings (SSSR count). The molecule has 16 heteroatoms. The molecule has 0 radical (unpaired) electrons. The van der Waals surface area contributed by atoms with E-state index in [0.717, 1.165) is 51.1 Å². The van der Waals surface area contributed by atoms with Gasteiger partial charge in [0.25, 0.3) is 23.6 Å². The van der Waals surface area contributed by atoms with Crippen molar-refractivity contribution in [2.45, 2.75) is 87.5 Å². The molecule has 70 heavy (non-hydrogen) atoms. The second-order valence-corrected chi connectivity index (χ2v) is 18.2. The number of imidazole rings is 1. The summed E-state index contributed by atoms with van der Waals surface area (Å²) in [6.07, 6.45) is 6.37. The maximum atomic E-state index is 14.1. The molecule has 1 unspecified atom stereocenters. The average Bonchev–Trinajstić information content (AvgIpc) is 4.26. The zero-order valence-corrected chi connectivity index (χ0v) is 38.7. The van der Waals surface area contributed by atoms with Gasteiger partial charge in [-0.25, -0.2) is 9.67 Å². The number of amides is 4. The van der Waals surface area contributed by atoms with Crippen molar-refractivity contribution >= 4 is 40.4 Å². The summed E-state index contributed by atoms with van der Waals surface area (Å²) in [7, 11) is 0. The second kappa shape index (κ2) is 20.6. The van der Waals surface area contributed by atoms with E-state index >= 15 is 0 Å². The van der Waals surface area contributed by atoms with E-state index in [9.17, 15) is 39.6 Å². The van der Waals surface area contributed by atoms with Crippen molar-refractivity contribution in [1.29, 1.82) is 0 Å². The van der Waals surface area contributed by atoms with Gasteiger partial charge in [-0.05, 0) is 109 Å². The number of benzene rings is 4. The van der Waals surface area contributed by atoms with Crippen LogP contribution in [0.5, 0.6) is 0 Å². The van der Waals surface area contributed by atoms with E-state index in [4.69, 9.17) is 0 Å². The molecule has 3 aliphatic rings. The molecule has 16 nitrogen and oxygen atoms in total. The molecule has 2 aromatic heterocycles. The van der Waals surface area contributed by atoms with E-state index in [2.05, 4.69) is 27.3 Å². The van der Waals surface area contributed by atoms with Crippen LogP contribution in [0.4, 0.5) is 0 Å². The lowest BCUT2D eigenvalue weighted by Crippen LogP contribution is -2.52. The summed E-state index contributed by atoms with van der Waals surface area (Å²) in [6, 6.07) is 30.5.